The van der Waals surface area contributed by atoms with Crippen LogP contribution in [0.1, 0.15) is 87.0 Å². The monoisotopic (exact) mass is 422 g/mol. The number of hydrogen-bond donors (Lipinski definition) is 0. The highest BCUT2D eigenvalue weighted by molar-refractivity contribution is 5.99. The van der Waals surface area contributed by atoms with Crippen LogP contribution in [-0.2, 0) is 9.47 Å². The first-order valence-electron chi connectivity index (χ1n) is 10.7. The lowest BCUT2D eigenvalue weighted by Crippen LogP contribution is -2.45. The Morgan fingerprint density at radius 3 is 2.10 bits per heavy atom. The van der Waals surface area contributed by atoms with Crippen molar-refractivity contribution in [3.05, 3.63) is 18.5 Å². The van der Waals surface area contributed by atoms with Gasteiger partial charge in [0, 0.05) is 18.9 Å². The molecule has 0 bridgehead atoms. The van der Waals surface area contributed by atoms with Crippen molar-refractivity contribution in [1.82, 2.24) is 14.7 Å². The highest BCUT2D eigenvalue weighted by atomic mass is 16.6. The molecule has 8 heteroatoms. The summed E-state index contributed by atoms with van der Waals surface area (Å²) in [6.07, 6.45) is 8.19. The molecule has 1 aromatic rings. The third-order valence-electron chi connectivity index (χ3n) is 3.88. The van der Waals surface area contributed by atoms with Gasteiger partial charge in [-0.25, -0.2) is 19.2 Å². The number of unbranched alkanes of at least 4 members (excludes halogenated alkanes) is 5. The van der Waals surface area contributed by atoms with E-state index in [-0.39, 0.29) is 5.96 Å². The van der Waals surface area contributed by atoms with Crippen molar-refractivity contribution in [1.29, 1.82) is 0 Å². The fourth-order valence-electron chi connectivity index (χ4n) is 2.63. The fraction of sp³-hybridized carbons (Fsp3) is 0.727. The van der Waals surface area contributed by atoms with Crippen LogP contribution in [0.2, 0.25) is 0 Å². The first-order valence-corrected chi connectivity index (χ1v) is 10.7. The summed E-state index contributed by atoms with van der Waals surface area (Å²) in [5, 5.41) is 4.16. The summed E-state index contributed by atoms with van der Waals surface area (Å²) in [5.41, 5.74) is -1.39. The molecule has 8 nitrogen and oxygen atoms in total. The molecule has 0 aromatic carbocycles. The Morgan fingerprint density at radius 2 is 1.57 bits per heavy atom. The van der Waals surface area contributed by atoms with Crippen molar-refractivity contribution in [3.63, 3.8) is 0 Å². The minimum Gasteiger partial charge on any atom is -0.443 e. The van der Waals surface area contributed by atoms with Crippen LogP contribution in [0.5, 0.6) is 0 Å². The van der Waals surface area contributed by atoms with Gasteiger partial charge in [-0.2, -0.15) is 5.10 Å². The van der Waals surface area contributed by atoms with Gasteiger partial charge in [0.1, 0.15) is 11.2 Å². The third-order valence-corrected chi connectivity index (χ3v) is 3.88. The lowest BCUT2D eigenvalue weighted by Gasteiger charge is -2.28. The topological polar surface area (TPSA) is 86.0 Å². The Kier molecular flexibility index (Phi) is 10.0. The van der Waals surface area contributed by atoms with Crippen LogP contribution >= 0.6 is 0 Å². The number of rotatable bonds is 7. The quantitative estimate of drug-likeness (QED) is 0.323. The number of carbonyl (C=O) groups excluding carboxylic acids is 2. The van der Waals surface area contributed by atoms with Crippen LogP contribution in [0.4, 0.5) is 9.59 Å². The van der Waals surface area contributed by atoms with Crippen molar-refractivity contribution in [2.75, 3.05) is 6.54 Å². The number of ether oxygens (including phenoxy) is 2. The summed E-state index contributed by atoms with van der Waals surface area (Å²) in [5.74, 6) is 0.0667. The molecule has 0 unspecified atom stereocenters. The van der Waals surface area contributed by atoms with E-state index in [9.17, 15) is 9.59 Å². The Hall–Kier alpha value is -2.38. The van der Waals surface area contributed by atoms with E-state index in [1.54, 1.807) is 60.0 Å². The number of nitrogens with zero attached hydrogens (tertiary/aromatic N) is 4. The van der Waals surface area contributed by atoms with Crippen molar-refractivity contribution in [2.45, 2.75) is 98.2 Å². The van der Waals surface area contributed by atoms with Crippen LogP contribution in [0, 0.1) is 0 Å². The van der Waals surface area contributed by atoms with E-state index in [2.05, 4.69) is 17.0 Å². The Bertz CT molecular complexity index is 685. The zero-order chi connectivity index (χ0) is 22.8. The molecule has 0 saturated heterocycles. The van der Waals surface area contributed by atoms with Gasteiger partial charge in [-0.05, 0) is 54.0 Å². The SMILES string of the molecule is CCCCCCCCN(C(=O)OC(C)(C)C)/C(=N\C(=O)OC(C)(C)C)n1cccn1. The van der Waals surface area contributed by atoms with Gasteiger partial charge < -0.3 is 9.47 Å². The second-order valence-corrected chi connectivity index (χ2v) is 9.24. The molecule has 0 aliphatic heterocycles. The summed E-state index contributed by atoms with van der Waals surface area (Å²) in [6, 6.07) is 1.70. The van der Waals surface area contributed by atoms with Gasteiger partial charge in [0.15, 0.2) is 0 Å². The number of carbonyl (C=O) groups is 2. The minimum absolute atomic E-state index is 0.0667. The zero-order valence-corrected chi connectivity index (χ0v) is 19.6. The molecule has 0 N–H and O–H groups in total. The van der Waals surface area contributed by atoms with Crippen LogP contribution < -0.4 is 0 Å². The van der Waals surface area contributed by atoms with Crippen molar-refractivity contribution < 1.29 is 19.1 Å². The molecule has 0 radical (unpaired) electrons. The molecule has 1 aromatic heterocycles. The largest absolute Gasteiger partial charge is 0.443 e. The summed E-state index contributed by atoms with van der Waals surface area (Å²) in [7, 11) is 0. The number of aliphatic imine (C=N–C) groups is 1. The second-order valence-electron chi connectivity index (χ2n) is 9.24. The molecule has 170 valence electrons. The van der Waals surface area contributed by atoms with E-state index < -0.39 is 23.4 Å². The van der Waals surface area contributed by atoms with E-state index in [0.29, 0.717) is 6.54 Å². The first-order chi connectivity index (χ1) is 13.9. The number of hydrogen-bond acceptors (Lipinski definition) is 5. The standard InChI is InChI=1S/C22H38N4O4/c1-8-9-10-11-12-13-16-25(20(28)30-22(5,6)7)18(26-17-14-15-23-26)24-19(27)29-21(2,3)4/h14-15,17H,8-13,16H2,1-7H3/b24-18+. The number of amides is 2. The molecule has 30 heavy (non-hydrogen) atoms. The smallest absolute Gasteiger partial charge is 0.437 e. The molecule has 2 amide bonds. The third kappa shape index (κ3) is 10.4. The second kappa shape index (κ2) is 11.7. The van der Waals surface area contributed by atoms with E-state index in [4.69, 9.17) is 9.47 Å². The van der Waals surface area contributed by atoms with Gasteiger partial charge in [-0.1, -0.05) is 39.0 Å². The van der Waals surface area contributed by atoms with Crippen molar-refractivity contribution in [3.8, 4) is 0 Å². The first kappa shape index (κ1) is 25.7. The predicted octanol–water partition coefficient (Wildman–Crippen LogP) is 5.62. The molecular weight excluding hydrogens is 384 g/mol. The maximum Gasteiger partial charge on any atom is 0.437 e. The van der Waals surface area contributed by atoms with Gasteiger partial charge in [0.2, 0.25) is 5.96 Å². The van der Waals surface area contributed by atoms with Crippen molar-refractivity contribution >= 4 is 18.1 Å². The molecule has 0 aliphatic carbocycles. The molecule has 0 aliphatic rings. The van der Waals surface area contributed by atoms with Gasteiger partial charge >= 0.3 is 12.2 Å². The zero-order valence-electron chi connectivity index (χ0n) is 19.6. The summed E-state index contributed by atoms with van der Waals surface area (Å²) < 4.78 is 12.3. The maximum absolute atomic E-state index is 13.0. The van der Waals surface area contributed by atoms with E-state index in [0.717, 1.165) is 19.3 Å². The summed E-state index contributed by atoms with van der Waals surface area (Å²) >= 11 is 0. The summed E-state index contributed by atoms with van der Waals surface area (Å²) in [4.78, 5) is 30.8. The normalized spacial score (nSPS) is 12.6. The molecule has 0 saturated carbocycles. The van der Waals surface area contributed by atoms with Crippen LogP contribution in [0.15, 0.2) is 23.5 Å². The Balaban J connectivity index is 3.11. The number of aromatic nitrogens is 2. The summed E-state index contributed by atoms with van der Waals surface area (Å²) in [6.45, 7) is 13.2. The molecule has 1 rings (SSSR count). The minimum atomic E-state index is -0.787. The molecule has 1 heterocycles. The molecule has 0 atom stereocenters. The predicted molar refractivity (Wildman–Crippen MR) is 118 cm³/mol. The maximum atomic E-state index is 13.0. The van der Waals surface area contributed by atoms with Crippen LogP contribution in [0.25, 0.3) is 0 Å². The lowest BCUT2D eigenvalue weighted by atomic mass is 10.1. The average Bonchev–Trinajstić information content (AvgIpc) is 3.10. The molecular formula is C22H38N4O4. The highest BCUT2D eigenvalue weighted by Gasteiger charge is 2.28. The highest BCUT2D eigenvalue weighted by Crippen LogP contribution is 2.14. The van der Waals surface area contributed by atoms with E-state index in [1.165, 1.54) is 28.8 Å². The van der Waals surface area contributed by atoms with Crippen LogP contribution in [-0.4, -0.2) is 50.6 Å². The van der Waals surface area contributed by atoms with Crippen molar-refractivity contribution in [2.24, 2.45) is 4.99 Å². The van der Waals surface area contributed by atoms with Gasteiger partial charge in [-0.15, -0.1) is 4.99 Å². The van der Waals surface area contributed by atoms with E-state index >= 15 is 0 Å². The Morgan fingerprint density at radius 1 is 0.967 bits per heavy atom. The van der Waals surface area contributed by atoms with Crippen LogP contribution in [0.3, 0.4) is 0 Å². The molecule has 0 spiro atoms. The fourth-order valence-corrected chi connectivity index (χ4v) is 2.63. The van der Waals surface area contributed by atoms with Gasteiger partial charge in [-0.3, -0.25) is 0 Å². The average molecular weight is 423 g/mol. The van der Waals surface area contributed by atoms with Gasteiger partial charge in [0.05, 0.1) is 0 Å². The van der Waals surface area contributed by atoms with Gasteiger partial charge in [0.25, 0.3) is 0 Å². The lowest BCUT2D eigenvalue weighted by molar-refractivity contribution is 0.0359. The van der Waals surface area contributed by atoms with E-state index in [1.807, 2.05) is 0 Å². The Labute approximate surface area is 180 Å². The molecule has 0 fully saturated rings.